The molecule has 2 saturated heterocycles. The smallest absolute Gasteiger partial charge is 0.307 e. The Morgan fingerprint density at radius 1 is 1.68 bits per heavy atom. The first-order chi connectivity index (χ1) is 9.19. The molecule has 3 aliphatic rings. The lowest BCUT2D eigenvalue weighted by Gasteiger charge is -2.32. The van der Waals surface area contributed by atoms with Crippen molar-refractivity contribution in [2.75, 3.05) is 19.7 Å². The molecule has 0 aromatic heterocycles. The molecule has 3 heterocycles. The monoisotopic (exact) mass is 263 g/mol. The second kappa shape index (κ2) is 4.76. The topological polar surface area (TPSA) is 38.8 Å². The van der Waals surface area contributed by atoms with Crippen LogP contribution in [0.3, 0.4) is 0 Å². The lowest BCUT2D eigenvalue weighted by molar-refractivity contribution is -0.146. The van der Waals surface area contributed by atoms with E-state index in [2.05, 4.69) is 23.6 Å². The van der Waals surface area contributed by atoms with Crippen molar-refractivity contribution in [2.24, 2.45) is 5.92 Å². The maximum Gasteiger partial charge on any atom is 0.307 e. The Kier molecular flexibility index (Phi) is 3.23. The highest BCUT2D eigenvalue weighted by Crippen LogP contribution is 2.51. The standard InChI is InChI=1S/C15H21NO3/c1-3-7-16-10-11-8-12-5-6-15(11,19-12)13(16)9-14(17)18-4-2/h3,5-6,11-13H,1,4,7-10H2,2H3/t11-,12+,13-,15-/m0/s1. The van der Waals surface area contributed by atoms with Crippen molar-refractivity contribution in [1.29, 1.82) is 0 Å². The largest absolute Gasteiger partial charge is 0.466 e. The van der Waals surface area contributed by atoms with Crippen molar-refractivity contribution in [3.63, 3.8) is 0 Å². The predicted molar refractivity (Wildman–Crippen MR) is 71.7 cm³/mol. The van der Waals surface area contributed by atoms with Crippen LogP contribution in [0, 0.1) is 5.92 Å². The van der Waals surface area contributed by atoms with Crippen LogP contribution in [0.25, 0.3) is 0 Å². The molecule has 0 N–H and O–H groups in total. The Balaban J connectivity index is 1.81. The maximum absolute atomic E-state index is 11.9. The van der Waals surface area contributed by atoms with Crippen LogP contribution in [-0.4, -0.2) is 48.3 Å². The molecule has 0 aromatic carbocycles. The van der Waals surface area contributed by atoms with E-state index in [0.29, 0.717) is 18.9 Å². The van der Waals surface area contributed by atoms with Gasteiger partial charge in [-0.2, -0.15) is 0 Å². The lowest BCUT2D eigenvalue weighted by Crippen LogP contribution is -2.46. The summed E-state index contributed by atoms with van der Waals surface area (Å²) in [6.07, 6.45) is 7.94. The first-order valence-corrected chi connectivity index (χ1v) is 7.07. The number of nitrogens with zero attached hydrogens (tertiary/aromatic N) is 1. The van der Waals surface area contributed by atoms with E-state index in [-0.39, 0.29) is 23.7 Å². The van der Waals surface area contributed by atoms with Gasteiger partial charge in [-0.15, -0.1) is 6.58 Å². The predicted octanol–water partition coefficient (Wildman–Crippen LogP) is 1.52. The third-order valence-electron chi connectivity index (χ3n) is 4.53. The average molecular weight is 263 g/mol. The number of carbonyl (C=O) groups excluding carboxylic acids is 1. The van der Waals surface area contributed by atoms with Gasteiger partial charge in [0.15, 0.2) is 0 Å². The van der Waals surface area contributed by atoms with Crippen molar-refractivity contribution in [1.82, 2.24) is 4.90 Å². The molecule has 0 amide bonds. The molecule has 104 valence electrons. The van der Waals surface area contributed by atoms with Crippen LogP contribution >= 0.6 is 0 Å². The van der Waals surface area contributed by atoms with Crippen molar-refractivity contribution < 1.29 is 14.3 Å². The molecule has 2 bridgehead atoms. The zero-order valence-corrected chi connectivity index (χ0v) is 11.4. The molecule has 4 nitrogen and oxygen atoms in total. The Morgan fingerprint density at radius 2 is 2.53 bits per heavy atom. The molecule has 4 heteroatoms. The van der Waals surface area contributed by atoms with Gasteiger partial charge in [0, 0.05) is 19.0 Å². The molecule has 4 atom stereocenters. The van der Waals surface area contributed by atoms with Gasteiger partial charge in [-0.1, -0.05) is 18.2 Å². The number of likely N-dealkylation sites (tertiary alicyclic amines) is 1. The molecule has 0 unspecified atom stereocenters. The molecule has 0 radical (unpaired) electrons. The molecular weight excluding hydrogens is 242 g/mol. The van der Waals surface area contributed by atoms with Crippen molar-refractivity contribution in [2.45, 2.75) is 37.5 Å². The molecule has 3 rings (SSSR count). The summed E-state index contributed by atoms with van der Waals surface area (Å²) in [7, 11) is 0. The number of fused-ring (bicyclic) bond motifs is 1. The van der Waals surface area contributed by atoms with Gasteiger partial charge in [0.25, 0.3) is 0 Å². The lowest BCUT2D eigenvalue weighted by atomic mass is 9.81. The van der Waals surface area contributed by atoms with Crippen LogP contribution < -0.4 is 0 Å². The van der Waals surface area contributed by atoms with Crippen LogP contribution in [0.4, 0.5) is 0 Å². The quantitative estimate of drug-likeness (QED) is 0.557. The van der Waals surface area contributed by atoms with Crippen molar-refractivity contribution in [3.8, 4) is 0 Å². The van der Waals surface area contributed by atoms with Crippen LogP contribution in [0.5, 0.6) is 0 Å². The number of rotatable bonds is 5. The molecular formula is C15H21NO3. The average Bonchev–Trinajstić information content (AvgIpc) is 3.01. The minimum Gasteiger partial charge on any atom is -0.466 e. The summed E-state index contributed by atoms with van der Waals surface area (Å²) in [6.45, 7) is 7.86. The third kappa shape index (κ3) is 1.94. The van der Waals surface area contributed by atoms with Gasteiger partial charge in [-0.3, -0.25) is 9.69 Å². The second-order valence-electron chi connectivity index (χ2n) is 5.57. The SMILES string of the molecule is C=CCN1C[C@@H]2C[C@H]3C=C[C@@]2(O3)[C@@H]1CC(=O)OCC. The van der Waals surface area contributed by atoms with Gasteiger partial charge < -0.3 is 9.47 Å². The van der Waals surface area contributed by atoms with E-state index >= 15 is 0 Å². The van der Waals surface area contributed by atoms with E-state index in [1.165, 1.54) is 0 Å². The van der Waals surface area contributed by atoms with E-state index in [1.54, 1.807) is 0 Å². The van der Waals surface area contributed by atoms with Gasteiger partial charge in [-0.05, 0) is 13.3 Å². The minimum absolute atomic E-state index is 0.0818. The molecule has 0 saturated carbocycles. The summed E-state index contributed by atoms with van der Waals surface area (Å²) in [6, 6.07) is 0.0818. The van der Waals surface area contributed by atoms with Crippen LogP contribution in [0.15, 0.2) is 24.8 Å². The Labute approximate surface area is 114 Å². The Bertz CT molecular complexity index is 420. The summed E-state index contributed by atoms with van der Waals surface area (Å²) in [5, 5.41) is 0. The first kappa shape index (κ1) is 12.9. The first-order valence-electron chi connectivity index (χ1n) is 7.07. The zero-order chi connectivity index (χ0) is 13.5. The van der Waals surface area contributed by atoms with Crippen molar-refractivity contribution in [3.05, 3.63) is 24.8 Å². The molecule has 19 heavy (non-hydrogen) atoms. The number of ether oxygens (including phenoxy) is 2. The molecule has 0 aromatic rings. The number of hydrogen-bond donors (Lipinski definition) is 0. The third-order valence-corrected chi connectivity index (χ3v) is 4.53. The maximum atomic E-state index is 11.9. The van der Waals surface area contributed by atoms with Crippen LogP contribution in [0.1, 0.15) is 19.8 Å². The minimum atomic E-state index is -0.263. The molecule has 2 fully saturated rings. The summed E-state index contributed by atoms with van der Waals surface area (Å²) in [5.41, 5.74) is -0.263. The fourth-order valence-corrected chi connectivity index (χ4v) is 3.83. The molecule has 0 aliphatic carbocycles. The van der Waals surface area contributed by atoms with E-state index < -0.39 is 0 Å². The molecule has 1 spiro atoms. The Morgan fingerprint density at radius 3 is 3.21 bits per heavy atom. The highest BCUT2D eigenvalue weighted by Gasteiger charge is 2.61. The molecule has 3 aliphatic heterocycles. The van der Waals surface area contributed by atoms with Gasteiger partial charge >= 0.3 is 5.97 Å². The van der Waals surface area contributed by atoms with Gasteiger partial charge in [-0.25, -0.2) is 0 Å². The fraction of sp³-hybridized carbons (Fsp3) is 0.667. The summed E-state index contributed by atoms with van der Waals surface area (Å²) in [4.78, 5) is 14.2. The van der Waals surface area contributed by atoms with Gasteiger partial charge in [0.05, 0.1) is 25.2 Å². The van der Waals surface area contributed by atoms with E-state index in [1.807, 2.05) is 13.0 Å². The summed E-state index contributed by atoms with van der Waals surface area (Å²) in [5.74, 6) is 0.366. The highest BCUT2D eigenvalue weighted by molar-refractivity contribution is 5.70. The van der Waals surface area contributed by atoms with E-state index in [0.717, 1.165) is 19.5 Å². The van der Waals surface area contributed by atoms with Crippen molar-refractivity contribution >= 4 is 5.97 Å². The van der Waals surface area contributed by atoms with Crippen LogP contribution in [-0.2, 0) is 14.3 Å². The number of carbonyl (C=O) groups is 1. The van der Waals surface area contributed by atoms with Gasteiger partial charge in [0.2, 0.25) is 0 Å². The second-order valence-corrected chi connectivity index (χ2v) is 5.57. The normalized spacial score (nSPS) is 39.5. The summed E-state index contributed by atoms with van der Waals surface area (Å²) >= 11 is 0. The summed E-state index contributed by atoms with van der Waals surface area (Å²) < 4.78 is 11.3. The number of hydrogen-bond acceptors (Lipinski definition) is 4. The number of esters is 1. The van der Waals surface area contributed by atoms with E-state index in [4.69, 9.17) is 9.47 Å². The zero-order valence-electron chi connectivity index (χ0n) is 11.4. The fourth-order valence-electron chi connectivity index (χ4n) is 3.83. The highest BCUT2D eigenvalue weighted by atomic mass is 16.5. The van der Waals surface area contributed by atoms with E-state index in [9.17, 15) is 4.79 Å². The Hall–Kier alpha value is -1.13. The van der Waals surface area contributed by atoms with Crippen LogP contribution in [0.2, 0.25) is 0 Å². The van der Waals surface area contributed by atoms with Gasteiger partial charge in [0.1, 0.15) is 5.60 Å².